The van der Waals surface area contributed by atoms with Crippen molar-refractivity contribution in [3.05, 3.63) is 64.4 Å². The van der Waals surface area contributed by atoms with E-state index in [0.717, 1.165) is 4.90 Å². The molecule has 4 aromatic rings. The van der Waals surface area contributed by atoms with Crippen molar-refractivity contribution in [2.24, 2.45) is 5.10 Å². The predicted molar refractivity (Wildman–Crippen MR) is 122 cm³/mol. The summed E-state index contributed by atoms with van der Waals surface area (Å²) in [5.74, 6) is 1.15. The zero-order valence-electron chi connectivity index (χ0n) is 17.2. The summed E-state index contributed by atoms with van der Waals surface area (Å²) < 4.78 is 16.6. The number of thioether (sulfide) groups is 1. The fraction of sp³-hybridized carbons (Fsp3) is 0.100. The Balaban J connectivity index is 1.36. The molecule has 3 N–H and O–H groups in total. The van der Waals surface area contributed by atoms with Gasteiger partial charge in [-0.05, 0) is 58.3 Å². The van der Waals surface area contributed by atoms with Crippen molar-refractivity contribution in [2.45, 2.75) is 10.6 Å². The molecule has 5 rings (SSSR count). The normalized spacial score (nSPS) is 12.4. The quantitative estimate of drug-likeness (QED) is 0.220. The molecule has 34 heavy (non-hydrogen) atoms. The van der Waals surface area contributed by atoms with E-state index in [1.165, 1.54) is 22.7 Å². The first-order valence-corrected chi connectivity index (χ1v) is 11.1. The number of carbonyl (C=O) groups excluding carboxylic acids is 1. The first-order valence-electron chi connectivity index (χ1n) is 9.73. The number of amides is 1. The summed E-state index contributed by atoms with van der Waals surface area (Å²) in [6.07, 6.45) is 1.48. The molecule has 2 aromatic carbocycles. The molecule has 172 valence electrons. The Morgan fingerprint density at radius 2 is 2.03 bits per heavy atom. The standard InChI is InChI=1S/C20H15ClN8O4S/c21-12-2-4-13(5-3-12)34-9-14-17(24-28-29(14)19-18(22)26-33-27-19)20(30)25-23-8-11-1-6-15-16(7-11)32-10-31-15/h1-8H,9-10H2,(H2,22,26)(H,25,30). The molecule has 3 heterocycles. The predicted octanol–water partition coefficient (Wildman–Crippen LogP) is 2.67. The summed E-state index contributed by atoms with van der Waals surface area (Å²) in [5.41, 5.74) is 9.47. The number of anilines is 1. The van der Waals surface area contributed by atoms with Crippen molar-refractivity contribution in [3.63, 3.8) is 0 Å². The lowest BCUT2D eigenvalue weighted by Gasteiger charge is -2.06. The summed E-state index contributed by atoms with van der Waals surface area (Å²) in [6, 6.07) is 12.6. The molecule has 0 fully saturated rings. The molecular weight excluding hydrogens is 484 g/mol. The molecule has 1 aliphatic heterocycles. The molecule has 0 radical (unpaired) electrons. The molecule has 0 unspecified atom stereocenters. The van der Waals surface area contributed by atoms with Crippen LogP contribution in [-0.2, 0) is 5.75 Å². The number of hydrazone groups is 1. The first kappa shape index (κ1) is 21.7. The third-order valence-electron chi connectivity index (χ3n) is 4.64. The first-order chi connectivity index (χ1) is 16.6. The Morgan fingerprint density at radius 3 is 2.82 bits per heavy atom. The van der Waals surface area contributed by atoms with Gasteiger partial charge in [-0.25, -0.2) is 10.1 Å². The van der Waals surface area contributed by atoms with Gasteiger partial charge in [0.2, 0.25) is 18.4 Å². The van der Waals surface area contributed by atoms with E-state index in [4.69, 9.17) is 26.8 Å². The van der Waals surface area contributed by atoms with Gasteiger partial charge in [-0.15, -0.1) is 16.9 Å². The maximum absolute atomic E-state index is 12.9. The van der Waals surface area contributed by atoms with Crippen LogP contribution in [0.15, 0.2) is 57.1 Å². The van der Waals surface area contributed by atoms with Crippen LogP contribution in [0, 0.1) is 0 Å². The minimum absolute atomic E-state index is 0.00966. The molecular formula is C20H15ClN8O4S. The van der Waals surface area contributed by atoms with Gasteiger partial charge in [-0.2, -0.15) is 9.78 Å². The molecule has 0 aliphatic carbocycles. The summed E-state index contributed by atoms with van der Waals surface area (Å²) in [7, 11) is 0. The van der Waals surface area contributed by atoms with Crippen LogP contribution < -0.4 is 20.6 Å². The summed E-state index contributed by atoms with van der Waals surface area (Å²) in [6.45, 7) is 0.171. The van der Waals surface area contributed by atoms with E-state index in [1.54, 1.807) is 30.3 Å². The number of aromatic nitrogens is 5. The number of nitrogens with one attached hydrogen (secondary N) is 1. The highest BCUT2D eigenvalue weighted by Crippen LogP contribution is 2.32. The third kappa shape index (κ3) is 4.51. The molecule has 1 amide bonds. The van der Waals surface area contributed by atoms with Gasteiger partial charge in [0.15, 0.2) is 17.2 Å². The van der Waals surface area contributed by atoms with Crippen molar-refractivity contribution in [2.75, 3.05) is 12.5 Å². The smallest absolute Gasteiger partial charge is 0.293 e. The number of benzene rings is 2. The van der Waals surface area contributed by atoms with Crippen LogP contribution >= 0.6 is 23.4 Å². The van der Waals surface area contributed by atoms with Crippen LogP contribution in [-0.4, -0.2) is 44.2 Å². The Kier molecular flexibility index (Phi) is 6.01. The minimum Gasteiger partial charge on any atom is -0.454 e. The van der Waals surface area contributed by atoms with E-state index in [9.17, 15) is 4.79 Å². The molecule has 0 atom stereocenters. The fourth-order valence-corrected chi connectivity index (χ4v) is 4.03. The highest BCUT2D eigenvalue weighted by atomic mass is 35.5. The van der Waals surface area contributed by atoms with Gasteiger partial charge in [-0.3, -0.25) is 4.79 Å². The van der Waals surface area contributed by atoms with E-state index in [1.807, 2.05) is 12.1 Å². The van der Waals surface area contributed by atoms with Gasteiger partial charge in [0.05, 0.1) is 11.9 Å². The Morgan fingerprint density at radius 1 is 1.21 bits per heavy atom. The van der Waals surface area contributed by atoms with E-state index < -0.39 is 5.91 Å². The Hall–Kier alpha value is -4.10. The molecule has 12 nitrogen and oxygen atoms in total. The number of hydrogen-bond acceptors (Lipinski definition) is 11. The van der Waals surface area contributed by atoms with Gasteiger partial charge >= 0.3 is 0 Å². The molecule has 0 saturated heterocycles. The second-order valence-corrected chi connectivity index (χ2v) is 8.31. The average molecular weight is 499 g/mol. The number of ether oxygens (including phenoxy) is 2. The lowest BCUT2D eigenvalue weighted by atomic mass is 10.2. The van der Waals surface area contributed by atoms with Crippen molar-refractivity contribution >= 4 is 41.3 Å². The van der Waals surface area contributed by atoms with Gasteiger partial charge in [-0.1, -0.05) is 16.8 Å². The van der Waals surface area contributed by atoms with Crippen molar-refractivity contribution < 1.29 is 18.9 Å². The van der Waals surface area contributed by atoms with Crippen LogP contribution in [0.4, 0.5) is 5.82 Å². The van der Waals surface area contributed by atoms with Gasteiger partial charge in [0.25, 0.3) is 5.91 Å². The molecule has 1 aliphatic rings. The molecule has 0 bridgehead atoms. The van der Waals surface area contributed by atoms with Crippen LogP contribution in [0.2, 0.25) is 5.02 Å². The highest BCUT2D eigenvalue weighted by molar-refractivity contribution is 7.98. The second-order valence-electron chi connectivity index (χ2n) is 6.82. The number of hydrogen-bond donors (Lipinski definition) is 2. The van der Waals surface area contributed by atoms with E-state index in [-0.39, 0.29) is 24.1 Å². The molecule has 0 spiro atoms. The summed E-state index contributed by atoms with van der Waals surface area (Å²) in [4.78, 5) is 13.8. The maximum Gasteiger partial charge on any atom is 0.293 e. The zero-order chi connectivity index (χ0) is 23.5. The molecule has 0 saturated carbocycles. The molecule has 14 heteroatoms. The SMILES string of the molecule is Nc1nonc1-n1nnc(C(=O)NN=Cc2ccc3c(c2)OCO3)c1CSc1ccc(Cl)cc1. The number of carbonyl (C=O) groups is 1. The van der Waals surface area contributed by atoms with Crippen molar-refractivity contribution in [1.82, 2.24) is 30.7 Å². The number of fused-ring (bicyclic) bond motifs is 1. The fourth-order valence-electron chi connectivity index (χ4n) is 3.01. The monoisotopic (exact) mass is 498 g/mol. The number of nitrogens with zero attached hydrogens (tertiary/aromatic N) is 6. The van der Waals surface area contributed by atoms with Gasteiger partial charge in [0.1, 0.15) is 0 Å². The van der Waals surface area contributed by atoms with Gasteiger partial charge < -0.3 is 15.2 Å². The van der Waals surface area contributed by atoms with E-state index in [2.05, 4.69) is 35.8 Å². The third-order valence-corrected chi connectivity index (χ3v) is 5.92. The maximum atomic E-state index is 12.9. The number of rotatable bonds is 7. The largest absolute Gasteiger partial charge is 0.454 e. The van der Waals surface area contributed by atoms with Crippen molar-refractivity contribution in [1.29, 1.82) is 0 Å². The van der Waals surface area contributed by atoms with Crippen LogP contribution in [0.3, 0.4) is 0 Å². The summed E-state index contributed by atoms with van der Waals surface area (Å²) in [5, 5.41) is 20.0. The molecule has 2 aromatic heterocycles. The van der Waals surface area contributed by atoms with Crippen molar-refractivity contribution in [3.8, 4) is 17.3 Å². The van der Waals surface area contributed by atoms with E-state index in [0.29, 0.717) is 33.5 Å². The Bertz CT molecular complexity index is 1370. The summed E-state index contributed by atoms with van der Waals surface area (Å²) >= 11 is 7.40. The highest BCUT2D eigenvalue weighted by Gasteiger charge is 2.24. The lowest BCUT2D eigenvalue weighted by Crippen LogP contribution is -2.20. The lowest BCUT2D eigenvalue weighted by molar-refractivity contribution is 0.0949. The second kappa shape index (κ2) is 9.41. The van der Waals surface area contributed by atoms with Crippen LogP contribution in [0.25, 0.3) is 5.82 Å². The Labute approximate surface area is 201 Å². The average Bonchev–Trinajstić information content (AvgIpc) is 3.57. The topological polar surface area (TPSA) is 156 Å². The van der Waals surface area contributed by atoms with Crippen LogP contribution in [0.1, 0.15) is 21.7 Å². The number of nitrogen functional groups attached to an aromatic ring is 1. The van der Waals surface area contributed by atoms with E-state index >= 15 is 0 Å². The number of nitrogens with two attached hydrogens (primary N) is 1. The van der Waals surface area contributed by atoms with Gasteiger partial charge in [0, 0.05) is 15.7 Å². The minimum atomic E-state index is -0.565. The number of halogens is 1. The van der Waals surface area contributed by atoms with Crippen LogP contribution in [0.5, 0.6) is 11.5 Å². The zero-order valence-corrected chi connectivity index (χ0v) is 18.8.